The number of nitrogens with one attached hydrogen (secondary N) is 1. The maximum absolute atomic E-state index is 5.55. The van der Waals surface area contributed by atoms with Gasteiger partial charge < -0.3 is 10.1 Å². The minimum atomic E-state index is 0.561. The molecule has 12 heavy (non-hydrogen) atoms. The second-order valence-corrected chi connectivity index (χ2v) is 3.67. The van der Waals surface area contributed by atoms with Crippen molar-refractivity contribution in [1.82, 2.24) is 5.32 Å². The van der Waals surface area contributed by atoms with E-state index in [2.05, 4.69) is 19.2 Å². The Bertz CT molecular complexity index is 110. The molecule has 0 aromatic carbocycles. The van der Waals surface area contributed by atoms with Crippen molar-refractivity contribution in [2.45, 2.75) is 51.7 Å². The van der Waals surface area contributed by atoms with Gasteiger partial charge in [0.05, 0.1) is 6.10 Å². The lowest BCUT2D eigenvalue weighted by molar-refractivity contribution is 0.100. The van der Waals surface area contributed by atoms with E-state index in [9.17, 15) is 0 Å². The second-order valence-electron chi connectivity index (χ2n) is 3.67. The largest absolute Gasteiger partial charge is 0.378 e. The van der Waals surface area contributed by atoms with Gasteiger partial charge in [-0.2, -0.15) is 0 Å². The first-order valence-electron chi connectivity index (χ1n) is 5.18. The molecule has 0 aromatic heterocycles. The van der Waals surface area contributed by atoms with Gasteiger partial charge in [0.2, 0.25) is 0 Å². The Morgan fingerprint density at radius 3 is 3.00 bits per heavy atom. The lowest BCUT2D eigenvalue weighted by Gasteiger charge is -2.14. The molecule has 1 N–H and O–H groups in total. The van der Waals surface area contributed by atoms with Crippen molar-refractivity contribution in [1.29, 1.82) is 0 Å². The van der Waals surface area contributed by atoms with E-state index >= 15 is 0 Å². The molecule has 1 heterocycles. The molecule has 2 atom stereocenters. The van der Waals surface area contributed by atoms with Crippen LogP contribution in [0.25, 0.3) is 0 Å². The first-order valence-corrected chi connectivity index (χ1v) is 5.18. The first kappa shape index (κ1) is 10.0. The van der Waals surface area contributed by atoms with Gasteiger partial charge in [0, 0.05) is 12.6 Å². The van der Waals surface area contributed by atoms with Crippen LogP contribution in [-0.2, 0) is 4.74 Å². The molecule has 0 aliphatic carbocycles. The molecule has 2 heteroatoms. The molecule has 0 radical (unpaired) electrons. The highest BCUT2D eigenvalue weighted by Gasteiger charge is 2.15. The summed E-state index contributed by atoms with van der Waals surface area (Å²) in [6, 6.07) is 0.652. The molecule has 1 aliphatic heterocycles. The highest BCUT2D eigenvalue weighted by molar-refractivity contribution is 4.68. The van der Waals surface area contributed by atoms with E-state index in [4.69, 9.17) is 4.74 Å². The third-order valence-electron chi connectivity index (χ3n) is 2.50. The molecular formula is C10H21NO. The Hall–Kier alpha value is -0.0800. The van der Waals surface area contributed by atoms with Crippen molar-refractivity contribution < 1.29 is 4.74 Å². The summed E-state index contributed by atoms with van der Waals surface area (Å²) < 4.78 is 5.55. The predicted octanol–water partition coefficient (Wildman–Crippen LogP) is 1.94. The van der Waals surface area contributed by atoms with Crippen LogP contribution in [0.15, 0.2) is 0 Å². The molecule has 1 rings (SSSR count). The molecule has 0 amide bonds. The highest BCUT2D eigenvalue weighted by Crippen LogP contribution is 2.17. The van der Waals surface area contributed by atoms with E-state index < -0.39 is 0 Å². The van der Waals surface area contributed by atoms with Gasteiger partial charge in [-0.05, 0) is 39.2 Å². The van der Waals surface area contributed by atoms with Crippen LogP contribution >= 0.6 is 0 Å². The zero-order chi connectivity index (χ0) is 8.81. The van der Waals surface area contributed by atoms with E-state index in [1.807, 2.05) is 0 Å². The lowest BCUT2D eigenvalue weighted by atomic mass is 10.1. The van der Waals surface area contributed by atoms with E-state index in [0.717, 1.165) is 13.2 Å². The van der Waals surface area contributed by atoms with E-state index in [1.165, 1.54) is 25.7 Å². The summed E-state index contributed by atoms with van der Waals surface area (Å²) >= 11 is 0. The maximum Gasteiger partial charge on any atom is 0.0576 e. The molecule has 1 fully saturated rings. The Morgan fingerprint density at radius 1 is 1.58 bits per heavy atom. The van der Waals surface area contributed by atoms with Crippen LogP contribution < -0.4 is 5.32 Å². The van der Waals surface area contributed by atoms with Crippen molar-refractivity contribution >= 4 is 0 Å². The van der Waals surface area contributed by atoms with Gasteiger partial charge in [-0.1, -0.05) is 6.92 Å². The molecule has 2 nitrogen and oxygen atoms in total. The summed E-state index contributed by atoms with van der Waals surface area (Å²) in [5, 5.41) is 3.41. The van der Waals surface area contributed by atoms with Crippen LogP contribution in [0.3, 0.4) is 0 Å². The van der Waals surface area contributed by atoms with Crippen LogP contribution in [0.4, 0.5) is 0 Å². The van der Waals surface area contributed by atoms with E-state index in [-0.39, 0.29) is 0 Å². The maximum atomic E-state index is 5.55. The minimum Gasteiger partial charge on any atom is -0.378 e. The van der Waals surface area contributed by atoms with E-state index in [1.54, 1.807) is 0 Å². The fourth-order valence-corrected chi connectivity index (χ4v) is 1.76. The molecule has 2 unspecified atom stereocenters. The third kappa shape index (κ3) is 3.55. The summed E-state index contributed by atoms with van der Waals surface area (Å²) in [6.07, 6.45) is 5.58. The van der Waals surface area contributed by atoms with Crippen molar-refractivity contribution in [2.24, 2.45) is 0 Å². The normalized spacial score (nSPS) is 26.0. The van der Waals surface area contributed by atoms with Crippen LogP contribution in [0.1, 0.15) is 39.5 Å². The summed E-state index contributed by atoms with van der Waals surface area (Å²) in [4.78, 5) is 0. The Kier molecular flexibility index (Phi) is 4.62. The number of rotatable bonds is 5. The molecule has 0 saturated carbocycles. The average molecular weight is 171 g/mol. The zero-order valence-electron chi connectivity index (χ0n) is 8.31. The molecule has 72 valence electrons. The number of ether oxygens (including phenoxy) is 1. The van der Waals surface area contributed by atoms with Crippen LogP contribution in [0.5, 0.6) is 0 Å². The topological polar surface area (TPSA) is 21.3 Å². The van der Waals surface area contributed by atoms with Crippen molar-refractivity contribution in [3.8, 4) is 0 Å². The fourth-order valence-electron chi connectivity index (χ4n) is 1.76. The Balaban J connectivity index is 1.99. The molecule has 1 aliphatic rings. The second kappa shape index (κ2) is 5.55. The highest BCUT2D eigenvalue weighted by atomic mass is 16.5. The SMILES string of the molecule is CCNC(C)CCC1CCCO1. The van der Waals surface area contributed by atoms with Gasteiger partial charge in [0.1, 0.15) is 0 Å². The predicted molar refractivity (Wildman–Crippen MR) is 51.3 cm³/mol. The third-order valence-corrected chi connectivity index (χ3v) is 2.50. The Labute approximate surface area is 75.7 Å². The monoisotopic (exact) mass is 171 g/mol. The summed E-state index contributed by atoms with van der Waals surface area (Å²) in [5.41, 5.74) is 0. The lowest BCUT2D eigenvalue weighted by Crippen LogP contribution is -2.26. The standard InChI is InChI=1S/C10H21NO/c1-3-11-9(2)6-7-10-5-4-8-12-10/h9-11H,3-8H2,1-2H3. The van der Waals surface area contributed by atoms with Gasteiger partial charge in [-0.15, -0.1) is 0 Å². The molecule has 1 saturated heterocycles. The number of hydrogen-bond donors (Lipinski definition) is 1. The van der Waals surface area contributed by atoms with Crippen LogP contribution in [0.2, 0.25) is 0 Å². The minimum absolute atomic E-state index is 0.561. The van der Waals surface area contributed by atoms with Crippen molar-refractivity contribution in [3.63, 3.8) is 0 Å². The van der Waals surface area contributed by atoms with Gasteiger partial charge in [-0.3, -0.25) is 0 Å². The van der Waals surface area contributed by atoms with Crippen molar-refractivity contribution in [2.75, 3.05) is 13.2 Å². The van der Waals surface area contributed by atoms with Gasteiger partial charge >= 0.3 is 0 Å². The average Bonchev–Trinajstić information content (AvgIpc) is 2.53. The molecule has 0 spiro atoms. The Morgan fingerprint density at radius 2 is 2.42 bits per heavy atom. The van der Waals surface area contributed by atoms with E-state index in [0.29, 0.717) is 12.1 Å². The van der Waals surface area contributed by atoms with Crippen molar-refractivity contribution in [3.05, 3.63) is 0 Å². The zero-order valence-corrected chi connectivity index (χ0v) is 8.31. The smallest absolute Gasteiger partial charge is 0.0576 e. The van der Waals surface area contributed by atoms with Gasteiger partial charge in [0.15, 0.2) is 0 Å². The van der Waals surface area contributed by atoms with Gasteiger partial charge in [-0.25, -0.2) is 0 Å². The van der Waals surface area contributed by atoms with Crippen LogP contribution in [-0.4, -0.2) is 25.3 Å². The molecule has 0 bridgehead atoms. The van der Waals surface area contributed by atoms with Crippen LogP contribution in [0, 0.1) is 0 Å². The summed E-state index contributed by atoms with van der Waals surface area (Å²) in [7, 11) is 0. The summed E-state index contributed by atoms with van der Waals surface area (Å²) in [5.74, 6) is 0. The fraction of sp³-hybridized carbons (Fsp3) is 1.00. The summed E-state index contributed by atoms with van der Waals surface area (Å²) in [6.45, 7) is 6.47. The van der Waals surface area contributed by atoms with Gasteiger partial charge in [0.25, 0.3) is 0 Å². The first-order chi connectivity index (χ1) is 5.83. The molecular weight excluding hydrogens is 150 g/mol. The molecule has 0 aromatic rings. The quantitative estimate of drug-likeness (QED) is 0.682. The number of hydrogen-bond acceptors (Lipinski definition) is 2.